The van der Waals surface area contributed by atoms with Crippen LogP contribution in [0.4, 0.5) is 4.79 Å². The van der Waals surface area contributed by atoms with Gasteiger partial charge in [0.2, 0.25) is 0 Å². The first-order valence-electron chi connectivity index (χ1n) is 8.56. The highest BCUT2D eigenvalue weighted by Gasteiger charge is 2.32. The molecule has 1 aliphatic rings. The van der Waals surface area contributed by atoms with Crippen LogP contribution >= 0.6 is 0 Å². The molecule has 1 N–H and O–H groups in total. The van der Waals surface area contributed by atoms with E-state index in [-0.39, 0.29) is 18.1 Å². The molecule has 0 radical (unpaired) electrons. The number of fused-ring (bicyclic) bond motifs is 1. The predicted octanol–water partition coefficient (Wildman–Crippen LogP) is 3.23. The first-order chi connectivity index (χ1) is 11.0. The van der Waals surface area contributed by atoms with Crippen molar-refractivity contribution in [3.05, 3.63) is 24.3 Å². The van der Waals surface area contributed by atoms with E-state index in [1.807, 2.05) is 17.9 Å². The number of nitrogens with one attached hydrogen (secondary N) is 1. The number of unbranched alkanes of at least 4 members (excludes halogenated alkanes) is 1. The number of hydrogen-bond donors (Lipinski definition) is 1. The van der Waals surface area contributed by atoms with Crippen molar-refractivity contribution in [1.82, 2.24) is 25.0 Å². The molecule has 6 nitrogen and oxygen atoms in total. The van der Waals surface area contributed by atoms with E-state index in [0.29, 0.717) is 12.5 Å². The minimum atomic E-state index is -0.0517. The zero-order valence-electron chi connectivity index (χ0n) is 14.7. The molecule has 128 valence electrons. The lowest BCUT2D eigenvalue weighted by atomic mass is 10.1. The van der Waals surface area contributed by atoms with Gasteiger partial charge >= 0.3 is 6.03 Å². The molecule has 0 fully saturated rings. The fourth-order valence-electron chi connectivity index (χ4n) is 3.05. The number of nitrogens with zero attached hydrogens (tertiary/aromatic N) is 4. The Morgan fingerprint density at radius 3 is 2.78 bits per heavy atom. The van der Waals surface area contributed by atoms with Crippen molar-refractivity contribution >= 4 is 6.03 Å². The van der Waals surface area contributed by atoms with Crippen LogP contribution in [0.2, 0.25) is 0 Å². The highest BCUT2D eigenvalue weighted by Crippen LogP contribution is 2.26. The molecule has 0 saturated carbocycles. The second-order valence-electron chi connectivity index (χ2n) is 6.66. The number of amides is 2. The average molecular weight is 319 g/mol. The van der Waals surface area contributed by atoms with Crippen molar-refractivity contribution in [3.8, 4) is 0 Å². The maximum atomic E-state index is 12.5. The quantitative estimate of drug-likeness (QED) is 0.647. The van der Waals surface area contributed by atoms with Gasteiger partial charge in [-0.2, -0.15) is 0 Å². The number of hydrogen-bond acceptors (Lipinski definition) is 3. The Bertz CT molecular complexity index is 551. The molecule has 0 spiro atoms. The van der Waals surface area contributed by atoms with E-state index in [4.69, 9.17) is 0 Å². The van der Waals surface area contributed by atoms with E-state index in [9.17, 15) is 4.79 Å². The lowest BCUT2D eigenvalue weighted by Crippen LogP contribution is -2.48. The number of aromatic nitrogens is 3. The molecule has 2 rings (SSSR count). The van der Waals surface area contributed by atoms with Crippen LogP contribution in [-0.2, 0) is 6.54 Å². The molecular formula is C17H29N5O. The summed E-state index contributed by atoms with van der Waals surface area (Å²) in [6, 6.07) is 0.105. The molecule has 2 atom stereocenters. The summed E-state index contributed by atoms with van der Waals surface area (Å²) in [5.41, 5.74) is 0. The van der Waals surface area contributed by atoms with Crippen LogP contribution in [0.25, 0.3) is 0 Å². The molecule has 0 bridgehead atoms. The summed E-state index contributed by atoms with van der Waals surface area (Å²) in [6.45, 7) is 13.5. The number of carbonyl (C=O) groups is 1. The summed E-state index contributed by atoms with van der Waals surface area (Å²) >= 11 is 0. The van der Waals surface area contributed by atoms with Gasteiger partial charge in [0.05, 0.1) is 6.04 Å². The first kappa shape index (κ1) is 17.5. The molecule has 0 saturated heterocycles. The molecule has 2 amide bonds. The van der Waals surface area contributed by atoms with Crippen molar-refractivity contribution < 1.29 is 4.79 Å². The van der Waals surface area contributed by atoms with Crippen LogP contribution < -0.4 is 5.32 Å². The van der Waals surface area contributed by atoms with Crippen molar-refractivity contribution in [3.63, 3.8) is 0 Å². The Morgan fingerprint density at radius 1 is 1.39 bits per heavy atom. The van der Waals surface area contributed by atoms with Crippen molar-refractivity contribution in [2.75, 3.05) is 6.54 Å². The van der Waals surface area contributed by atoms with Crippen LogP contribution in [0.5, 0.6) is 0 Å². The molecule has 2 heterocycles. The molecule has 23 heavy (non-hydrogen) atoms. The maximum Gasteiger partial charge on any atom is 0.318 e. The molecule has 0 aromatic carbocycles. The lowest BCUT2D eigenvalue weighted by Gasteiger charge is -2.34. The standard InChI is InChI=1S/C17H29N5O/c1-6-7-8-9-13(4)18-17(23)21-10-11-22-15(12(2)3)19-20-16(22)14(21)5/h6,12-14H,1,7-11H2,2-5H3,(H,18,23)/t13-,14+/m0/s1. The molecule has 0 aliphatic carbocycles. The number of urea groups is 1. The molecule has 1 aromatic heterocycles. The summed E-state index contributed by atoms with van der Waals surface area (Å²) in [5.74, 6) is 2.23. The topological polar surface area (TPSA) is 63.1 Å². The Balaban J connectivity index is 1.99. The highest BCUT2D eigenvalue weighted by atomic mass is 16.2. The van der Waals surface area contributed by atoms with Gasteiger partial charge in [-0.1, -0.05) is 19.9 Å². The Labute approximate surface area is 139 Å². The Morgan fingerprint density at radius 2 is 2.13 bits per heavy atom. The van der Waals surface area contributed by atoms with Gasteiger partial charge in [0.1, 0.15) is 5.82 Å². The van der Waals surface area contributed by atoms with E-state index in [0.717, 1.165) is 37.5 Å². The Kier molecular flexibility index (Phi) is 5.80. The van der Waals surface area contributed by atoms with E-state index in [2.05, 4.69) is 47.4 Å². The van der Waals surface area contributed by atoms with Crippen LogP contribution in [-0.4, -0.2) is 38.3 Å². The zero-order chi connectivity index (χ0) is 17.0. The van der Waals surface area contributed by atoms with E-state index in [1.165, 1.54) is 0 Å². The van der Waals surface area contributed by atoms with Gasteiger partial charge in [-0.25, -0.2) is 4.79 Å². The minimum Gasteiger partial charge on any atom is -0.336 e. The zero-order valence-corrected chi connectivity index (χ0v) is 14.7. The minimum absolute atomic E-state index is 0.0102. The van der Waals surface area contributed by atoms with Crippen molar-refractivity contribution in [1.29, 1.82) is 0 Å². The second kappa shape index (κ2) is 7.62. The SMILES string of the molecule is C=CCCC[C@H](C)NC(=O)N1CCn2c(C(C)C)nnc2[C@H]1C. The fourth-order valence-corrected chi connectivity index (χ4v) is 3.05. The fraction of sp³-hybridized carbons (Fsp3) is 0.706. The molecular weight excluding hydrogens is 290 g/mol. The number of carbonyl (C=O) groups excluding carboxylic acids is 1. The summed E-state index contributed by atoms with van der Waals surface area (Å²) in [4.78, 5) is 14.4. The Hall–Kier alpha value is -1.85. The second-order valence-corrected chi connectivity index (χ2v) is 6.66. The third-order valence-corrected chi connectivity index (χ3v) is 4.41. The third-order valence-electron chi connectivity index (χ3n) is 4.41. The average Bonchev–Trinajstić information content (AvgIpc) is 2.92. The van der Waals surface area contributed by atoms with Crippen LogP contribution in [0.1, 0.15) is 70.6 Å². The van der Waals surface area contributed by atoms with E-state index < -0.39 is 0 Å². The third kappa shape index (κ3) is 3.92. The summed E-state index contributed by atoms with van der Waals surface area (Å²) < 4.78 is 2.16. The smallest absolute Gasteiger partial charge is 0.318 e. The summed E-state index contributed by atoms with van der Waals surface area (Å²) in [5, 5.41) is 11.7. The highest BCUT2D eigenvalue weighted by molar-refractivity contribution is 5.75. The van der Waals surface area contributed by atoms with Gasteiger partial charge in [-0.05, 0) is 33.1 Å². The van der Waals surface area contributed by atoms with Crippen molar-refractivity contribution in [2.45, 2.75) is 71.5 Å². The normalized spacial score (nSPS) is 18.7. The number of rotatable bonds is 6. The number of allylic oxidation sites excluding steroid dienone is 1. The van der Waals surface area contributed by atoms with Gasteiger partial charge in [-0.3, -0.25) is 0 Å². The van der Waals surface area contributed by atoms with E-state index >= 15 is 0 Å². The predicted molar refractivity (Wildman–Crippen MR) is 91.3 cm³/mol. The van der Waals surface area contributed by atoms with Crippen LogP contribution in [0.15, 0.2) is 12.7 Å². The monoisotopic (exact) mass is 319 g/mol. The van der Waals surface area contributed by atoms with Gasteiger partial charge in [0, 0.05) is 25.0 Å². The molecule has 0 unspecified atom stereocenters. The first-order valence-corrected chi connectivity index (χ1v) is 8.56. The van der Waals surface area contributed by atoms with Gasteiger partial charge in [0.15, 0.2) is 5.82 Å². The van der Waals surface area contributed by atoms with Gasteiger partial charge in [-0.15, -0.1) is 16.8 Å². The largest absolute Gasteiger partial charge is 0.336 e. The lowest BCUT2D eigenvalue weighted by molar-refractivity contribution is 0.156. The van der Waals surface area contributed by atoms with Gasteiger partial charge < -0.3 is 14.8 Å². The van der Waals surface area contributed by atoms with Gasteiger partial charge in [0.25, 0.3) is 0 Å². The molecule has 1 aliphatic heterocycles. The summed E-state index contributed by atoms with van der Waals surface area (Å²) in [7, 11) is 0. The molecule has 1 aromatic rings. The van der Waals surface area contributed by atoms with Crippen LogP contribution in [0.3, 0.4) is 0 Å². The summed E-state index contributed by atoms with van der Waals surface area (Å²) in [6.07, 6.45) is 4.92. The van der Waals surface area contributed by atoms with Crippen LogP contribution in [0, 0.1) is 0 Å². The van der Waals surface area contributed by atoms with E-state index in [1.54, 1.807) is 0 Å². The van der Waals surface area contributed by atoms with Crippen molar-refractivity contribution in [2.24, 2.45) is 0 Å². The maximum absolute atomic E-state index is 12.5. The molecule has 6 heteroatoms.